The van der Waals surface area contributed by atoms with Gasteiger partial charge in [-0.25, -0.2) is 8.42 Å². The lowest BCUT2D eigenvalue weighted by Gasteiger charge is -2.20. The second-order valence-electron chi connectivity index (χ2n) is 9.61. The minimum atomic E-state index is -3.66. The second kappa shape index (κ2) is 11.6. The maximum atomic E-state index is 13.3. The quantitative estimate of drug-likeness (QED) is 0.136. The molecular weight excluding hydrogens is 560 g/mol. The summed E-state index contributed by atoms with van der Waals surface area (Å²) in [5.41, 5.74) is 4.16. The van der Waals surface area contributed by atoms with Crippen molar-refractivity contribution in [3.05, 3.63) is 128 Å². The monoisotopic (exact) mass is 586 g/mol. The van der Waals surface area contributed by atoms with Crippen LogP contribution in [0.3, 0.4) is 0 Å². The molecule has 1 amide bonds. The molecule has 0 spiro atoms. The average Bonchev–Trinajstić information content (AvgIpc) is 2.95. The van der Waals surface area contributed by atoms with E-state index >= 15 is 0 Å². The van der Waals surface area contributed by atoms with Gasteiger partial charge in [-0.1, -0.05) is 66.4 Å². The number of sulfone groups is 1. The van der Waals surface area contributed by atoms with Crippen molar-refractivity contribution in [2.75, 3.05) is 5.32 Å². The van der Waals surface area contributed by atoms with Gasteiger partial charge in [-0.15, -0.1) is 0 Å². The summed E-state index contributed by atoms with van der Waals surface area (Å²) in [4.78, 5) is 25.1. The van der Waals surface area contributed by atoms with Crippen molar-refractivity contribution in [1.29, 1.82) is 0 Å². The fraction of sp³-hybridized carbons (Fsp3) is 0.129. The fourth-order valence-corrected chi connectivity index (χ4v) is 7.09. The number of thioether (sulfide) groups is 1. The summed E-state index contributed by atoms with van der Waals surface area (Å²) in [7, 11) is -3.66. The Bertz CT molecular complexity index is 1780. The number of amides is 1. The Morgan fingerprint density at radius 1 is 0.951 bits per heavy atom. The number of hydrogen-bond acceptors (Lipinski definition) is 7. The van der Waals surface area contributed by atoms with Crippen LogP contribution in [0.5, 0.6) is 5.75 Å². The van der Waals surface area contributed by atoms with E-state index in [1.54, 1.807) is 18.2 Å². The highest BCUT2D eigenvalue weighted by atomic mass is 32.2. The molecule has 1 aliphatic heterocycles. The molecule has 4 aromatic rings. The number of hydrogen-bond donors (Lipinski definition) is 1. The summed E-state index contributed by atoms with van der Waals surface area (Å²) in [5.74, 6) is -0.404. The third kappa shape index (κ3) is 6.34. The standard InChI is InChI=1S/C31H26N2O6S2/c1-20-7-6-8-21(2)25(20)19-41(37,38)24-12-13-26-29(17-24)40-30(31(34)32-26)16-23-11-14-28(27(15-23)33(35)36)39-18-22-9-4-3-5-10-22/h3-17H,18-19H2,1-2H3,(H,32,34)/b30-16+. The molecule has 1 N–H and O–H groups in total. The van der Waals surface area contributed by atoms with Gasteiger partial charge in [0.2, 0.25) is 0 Å². The SMILES string of the molecule is Cc1cccc(C)c1CS(=O)(=O)c1ccc2c(c1)S/C(=C/c1ccc(OCc3ccccc3)c([N+](=O)[O-])c1)C(=O)N2. The molecule has 1 heterocycles. The molecule has 0 aromatic heterocycles. The fourth-order valence-electron chi connectivity index (χ4n) is 4.45. The first-order chi connectivity index (χ1) is 19.6. The second-order valence-corrected chi connectivity index (χ2v) is 12.7. The molecule has 0 atom stereocenters. The Morgan fingerprint density at radius 3 is 2.39 bits per heavy atom. The van der Waals surface area contributed by atoms with Crippen molar-refractivity contribution >= 4 is 45.0 Å². The number of fused-ring (bicyclic) bond motifs is 1. The van der Waals surface area contributed by atoms with Crippen LogP contribution >= 0.6 is 11.8 Å². The Kier molecular flexibility index (Phi) is 7.96. The molecule has 5 rings (SSSR count). The van der Waals surface area contributed by atoms with Crippen LogP contribution in [0, 0.1) is 24.0 Å². The van der Waals surface area contributed by atoms with Crippen LogP contribution in [0.15, 0.2) is 99.6 Å². The molecule has 0 unspecified atom stereocenters. The molecule has 208 valence electrons. The van der Waals surface area contributed by atoms with Crippen LogP contribution in [0.25, 0.3) is 6.08 Å². The van der Waals surface area contributed by atoms with Gasteiger partial charge in [-0.05, 0) is 72.0 Å². The number of nitrogens with zero attached hydrogens (tertiary/aromatic N) is 1. The number of carbonyl (C=O) groups is 1. The lowest BCUT2D eigenvalue weighted by atomic mass is 10.1. The number of carbonyl (C=O) groups excluding carboxylic acids is 1. The highest BCUT2D eigenvalue weighted by molar-refractivity contribution is 8.04. The van der Waals surface area contributed by atoms with Crippen molar-refractivity contribution in [1.82, 2.24) is 0 Å². The topological polar surface area (TPSA) is 116 Å². The van der Waals surface area contributed by atoms with E-state index in [0.717, 1.165) is 34.0 Å². The first-order valence-electron chi connectivity index (χ1n) is 12.7. The van der Waals surface area contributed by atoms with E-state index in [0.29, 0.717) is 16.1 Å². The van der Waals surface area contributed by atoms with E-state index in [2.05, 4.69) is 5.32 Å². The summed E-state index contributed by atoms with van der Waals surface area (Å²) in [6.07, 6.45) is 1.54. The lowest BCUT2D eigenvalue weighted by molar-refractivity contribution is -0.386. The Hall–Kier alpha value is -4.41. The lowest BCUT2D eigenvalue weighted by Crippen LogP contribution is -2.18. The first-order valence-corrected chi connectivity index (χ1v) is 15.2. The predicted octanol–water partition coefficient (Wildman–Crippen LogP) is 6.85. The number of ether oxygens (including phenoxy) is 1. The number of nitrogens with one attached hydrogen (secondary N) is 1. The van der Waals surface area contributed by atoms with Crippen molar-refractivity contribution in [2.45, 2.75) is 36.0 Å². The molecule has 0 fully saturated rings. The minimum absolute atomic E-state index is 0.117. The van der Waals surface area contributed by atoms with Gasteiger partial charge in [-0.2, -0.15) is 0 Å². The average molecular weight is 587 g/mol. The van der Waals surface area contributed by atoms with Crippen molar-refractivity contribution in [3.63, 3.8) is 0 Å². The van der Waals surface area contributed by atoms with E-state index < -0.39 is 14.8 Å². The zero-order chi connectivity index (χ0) is 29.1. The zero-order valence-electron chi connectivity index (χ0n) is 22.3. The van der Waals surface area contributed by atoms with Gasteiger partial charge < -0.3 is 10.1 Å². The number of anilines is 1. The van der Waals surface area contributed by atoms with Crippen LogP contribution in [-0.2, 0) is 27.0 Å². The highest BCUT2D eigenvalue weighted by Crippen LogP contribution is 2.41. The van der Waals surface area contributed by atoms with Crippen molar-refractivity contribution < 1.29 is 22.9 Å². The third-order valence-corrected chi connectivity index (χ3v) is 9.42. The largest absolute Gasteiger partial charge is 0.482 e. The highest BCUT2D eigenvalue weighted by Gasteiger charge is 2.25. The predicted molar refractivity (Wildman–Crippen MR) is 160 cm³/mol. The number of aryl methyl sites for hydroxylation is 2. The molecular formula is C31H26N2O6S2. The Balaban J connectivity index is 1.40. The molecule has 8 nitrogen and oxygen atoms in total. The summed E-state index contributed by atoms with van der Waals surface area (Å²) < 4.78 is 32.3. The van der Waals surface area contributed by atoms with Gasteiger partial charge in [0.1, 0.15) is 6.61 Å². The van der Waals surface area contributed by atoms with Crippen LogP contribution in [-0.4, -0.2) is 19.2 Å². The molecule has 0 aliphatic carbocycles. The number of nitro groups is 1. The summed E-state index contributed by atoms with van der Waals surface area (Å²) >= 11 is 1.11. The molecule has 0 radical (unpaired) electrons. The molecule has 4 aromatic carbocycles. The van der Waals surface area contributed by atoms with Crippen LogP contribution in [0.1, 0.15) is 27.8 Å². The normalized spacial score (nSPS) is 13.9. The molecule has 10 heteroatoms. The van der Waals surface area contributed by atoms with Gasteiger partial charge in [0.05, 0.1) is 26.2 Å². The van der Waals surface area contributed by atoms with E-state index in [1.165, 1.54) is 24.3 Å². The molecule has 0 bridgehead atoms. The zero-order valence-corrected chi connectivity index (χ0v) is 23.9. The smallest absolute Gasteiger partial charge is 0.311 e. The molecule has 1 aliphatic rings. The van der Waals surface area contributed by atoms with Gasteiger partial charge in [0.15, 0.2) is 15.6 Å². The van der Waals surface area contributed by atoms with Crippen molar-refractivity contribution in [3.8, 4) is 5.75 Å². The first kappa shape index (κ1) is 28.1. The Morgan fingerprint density at radius 2 is 1.68 bits per heavy atom. The minimum Gasteiger partial charge on any atom is -0.482 e. The van der Waals surface area contributed by atoms with Gasteiger partial charge in [0.25, 0.3) is 5.91 Å². The number of rotatable bonds is 8. The third-order valence-electron chi connectivity index (χ3n) is 6.70. The number of nitro benzene ring substituents is 1. The summed E-state index contributed by atoms with van der Waals surface area (Å²) in [6.45, 7) is 3.95. The van der Waals surface area contributed by atoms with E-state index in [1.807, 2.05) is 62.4 Å². The van der Waals surface area contributed by atoms with Crippen molar-refractivity contribution in [2.24, 2.45) is 0 Å². The van der Waals surface area contributed by atoms with E-state index in [9.17, 15) is 23.3 Å². The van der Waals surface area contributed by atoms with E-state index in [-0.39, 0.29) is 39.5 Å². The maximum Gasteiger partial charge on any atom is 0.311 e. The van der Waals surface area contributed by atoms with E-state index in [4.69, 9.17) is 4.74 Å². The van der Waals surface area contributed by atoms with Gasteiger partial charge in [0, 0.05) is 11.0 Å². The van der Waals surface area contributed by atoms with Gasteiger partial charge in [-0.3, -0.25) is 14.9 Å². The number of benzene rings is 4. The van der Waals surface area contributed by atoms with Crippen LogP contribution in [0.4, 0.5) is 11.4 Å². The maximum absolute atomic E-state index is 13.3. The van der Waals surface area contributed by atoms with Crippen LogP contribution < -0.4 is 10.1 Å². The summed E-state index contributed by atoms with van der Waals surface area (Å²) in [5, 5.41) is 14.6. The molecule has 0 saturated carbocycles. The van der Waals surface area contributed by atoms with Crippen LogP contribution in [0.2, 0.25) is 0 Å². The Labute approximate surface area is 242 Å². The van der Waals surface area contributed by atoms with Gasteiger partial charge >= 0.3 is 5.69 Å². The summed E-state index contributed by atoms with van der Waals surface area (Å²) in [6, 6.07) is 24.1. The molecule has 41 heavy (non-hydrogen) atoms. The molecule has 0 saturated heterocycles.